The minimum atomic E-state index is -0.250. The van der Waals surface area contributed by atoms with Gasteiger partial charge in [-0.15, -0.1) is 0 Å². The number of nitrogens with one attached hydrogen (secondary N) is 2. The smallest absolute Gasteiger partial charge is 0.290 e. The number of benzene rings is 1. The zero-order valence-electron chi connectivity index (χ0n) is 16.2. The number of hydrogen-bond acceptors (Lipinski definition) is 4. The third kappa shape index (κ3) is 5.67. The van der Waals surface area contributed by atoms with E-state index in [1.807, 2.05) is 36.9 Å². The molecular formula is C20H26N4O4. The molecule has 28 heavy (non-hydrogen) atoms. The Morgan fingerprint density at radius 1 is 1.39 bits per heavy atom. The third-order valence-corrected chi connectivity index (χ3v) is 4.46. The van der Waals surface area contributed by atoms with Gasteiger partial charge in [0.1, 0.15) is 5.82 Å². The Morgan fingerprint density at radius 3 is 2.75 bits per heavy atom. The highest BCUT2D eigenvalue weighted by Crippen LogP contribution is 2.22. The summed E-state index contributed by atoms with van der Waals surface area (Å²) in [5.74, 6) is 0.988. The Morgan fingerprint density at radius 2 is 2.14 bits per heavy atom. The molecule has 150 valence electrons. The van der Waals surface area contributed by atoms with Gasteiger partial charge < -0.3 is 20.3 Å². The summed E-state index contributed by atoms with van der Waals surface area (Å²) < 4.78 is 0. The molecule has 2 heterocycles. The van der Waals surface area contributed by atoms with Gasteiger partial charge in [0.05, 0.1) is 5.69 Å². The molecule has 1 aromatic heterocycles. The number of amides is 2. The van der Waals surface area contributed by atoms with Crippen LogP contribution in [-0.4, -0.2) is 57.9 Å². The number of carbonyl (C=O) groups is 3. The van der Waals surface area contributed by atoms with E-state index in [1.165, 1.54) is 0 Å². The highest BCUT2D eigenvalue weighted by atomic mass is 16.3. The van der Waals surface area contributed by atoms with Crippen molar-refractivity contribution >= 4 is 18.3 Å². The lowest BCUT2D eigenvalue weighted by Crippen LogP contribution is -2.30. The monoisotopic (exact) mass is 386 g/mol. The number of likely N-dealkylation sites (tertiary alicyclic amines) is 1. The van der Waals surface area contributed by atoms with Crippen LogP contribution in [-0.2, 0) is 9.59 Å². The van der Waals surface area contributed by atoms with E-state index in [4.69, 9.17) is 9.90 Å². The number of nitrogens with zero attached hydrogens (tertiary/aromatic N) is 2. The van der Waals surface area contributed by atoms with Crippen LogP contribution in [0.15, 0.2) is 24.3 Å². The van der Waals surface area contributed by atoms with Crippen molar-refractivity contribution in [2.24, 2.45) is 0 Å². The molecule has 1 fully saturated rings. The first kappa shape index (κ1) is 21.1. The minimum Gasteiger partial charge on any atom is -0.483 e. The summed E-state index contributed by atoms with van der Waals surface area (Å²) in [5, 5.41) is 9.82. The number of rotatable bonds is 6. The normalized spacial score (nSPS) is 13.1. The van der Waals surface area contributed by atoms with Crippen molar-refractivity contribution in [3.63, 3.8) is 0 Å². The largest absolute Gasteiger partial charge is 0.483 e. The first-order valence-electron chi connectivity index (χ1n) is 9.23. The zero-order valence-corrected chi connectivity index (χ0v) is 16.2. The SMILES string of the molecule is Cc1nc(-c2cccc(C(=O)NCCCN3CCCC3=O)c2)c(C)[nH]1.O=CO. The van der Waals surface area contributed by atoms with Crippen molar-refractivity contribution in [2.45, 2.75) is 33.1 Å². The Bertz CT molecular complexity index is 831. The molecule has 1 aliphatic rings. The van der Waals surface area contributed by atoms with Gasteiger partial charge in [0.15, 0.2) is 0 Å². The molecule has 8 heteroatoms. The molecule has 0 aliphatic carbocycles. The second kappa shape index (κ2) is 10.2. The van der Waals surface area contributed by atoms with Crippen molar-refractivity contribution < 1.29 is 19.5 Å². The molecular weight excluding hydrogens is 360 g/mol. The van der Waals surface area contributed by atoms with Gasteiger partial charge in [0, 0.05) is 42.9 Å². The first-order valence-corrected chi connectivity index (χ1v) is 9.23. The fraction of sp³-hybridized carbons (Fsp3) is 0.400. The van der Waals surface area contributed by atoms with Crippen LogP contribution in [0.2, 0.25) is 0 Å². The van der Waals surface area contributed by atoms with Crippen molar-refractivity contribution in [1.82, 2.24) is 20.2 Å². The molecule has 1 aliphatic heterocycles. The van der Waals surface area contributed by atoms with E-state index in [0.29, 0.717) is 25.1 Å². The summed E-state index contributed by atoms with van der Waals surface area (Å²) in [6.07, 6.45) is 2.38. The Balaban J connectivity index is 0.000000878. The maximum Gasteiger partial charge on any atom is 0.290 e. The van der Waals surface area contributed by atoms with Gasteiger partial charge in [-0.2, -0.15) is 0 Å². The number of aryl methyl sites for hydroxylation is 2. The van der Waals surface area contributed by atoms with Crippen LogP contribution in [0.4, 0.5) is 0 Å². The molecule has 0 unspecified atom stereocenters. The molecule has 3 N–H and O–H groups in total. The van der Waals surface area contributed by atoms with E-state index in [2.05, 4.69) is 15.3 Å². The Hall–Kier alpha value is -3.16. The molecule has 0 atom stereocenters. The lowest BCUT2D eigenvalue weighted by atomic mass is 10.1. The number of hydrogen-bond donors (Lipinski definition) is 3. The summed E-state index contributed by atoms with van der Waals surface area (Å²) in [4.78, 5) is 41.8. The van der Waals surface area contributed by atoms with Gasteiger partial charge in [0.2, 0.25) is 5.91 Å². The lowest BCUT2D eigenvalue weighted by molar-refractivity contribution is -0.127. The predicted octanol–water partition coefficient (Wildman–Crippen LogP) is 2.14. The van der Waals surface area contributed by atoms with Gasteiger partial charge >= 0.3 is 0 Å². The topological polar surface area (TPSA) is 115 Å². The average molecular weight is 386 g/mol. The van der Waals surface area contributed by atoms with Crippen molar-refractivity contribution in [3.8, 4) is 11.3 Å². The van der Waals surface area contributed by atoms with E-state index >= 15 is 0 Å². The van der Waals surface area contributed by atoms with E-state index in [0.717, 1.165) is 42.2 Å². The van der Waals surface area contributed by atoms with Gasteiger partial charge in [-0.05, 0) is 38.8 Å². The summed E-state index contributed by atoms with van der Waals surface area (Å²) in [5.41, 5.74) is 3.41. The number of carbonyl (C=O) groups excluding carboxylic acids is 2. The van der Waals surface area contributed by atoms with Crippen LogP contribution in [0.5, 0.6) is 0 Å². The number of aromatic amines is 1. The molecule has 0 radical (unpaired) electrons. The fourth-order valence-electron chi connectivity index (χ4n) is 3.21. The van der Waals surface area contributed by atoms with Gasteiger partial charge in [-0.25, -0.2) is 4.98 Å². The number of aromatic nitrogens is 2. The molecule has 0 saturated carbocycles. The average Bonchev–Trinajstić information content (AvgIpc) is 3.23. The molecule has 2 amide bonds. The van der Waals surface area contributed by atoms with E-state index in [9.17, 15) is 9.59 Å². The second-order valence-corrected chi connectivity index (χ2v) is 6.58. The third-order valence-electron chi connectivity index (χ3n) is 4.46. The van der Waals surface area contributed by atoms with Gasteiger partial charge in [-0.3, -0.25) is 14.4 Å². The van der Waals surface area contributed by atoms with Gasteiger partial charge in [-0.1, -0.05) is 12.1 Å². The summed E-state index contributed by atoms with van der Waals surface area (Å²) in [6.45, 7) is 5.76. The summed E-state index contributed by atoms with van der Waals surface area (Å²) in [6, 6.07) is 7.49. The molecule has 1 saturated heterocycles. The lowest BCUT2D eigenvalue weighted by Gasteiger charge is -2.15. The Kier molecular flexibility index (Phi) is 7.74. The van der Waals surface area contributed by atoms with Crippen LogP contribution in [0.1, 0.15) is 41.1 Å². The first-order chi connectivity index (χ1) is 13.5. The van der Waals surface area contributed by atoms with Crippen LogP contribution in [0.3, 0.4) is 0 Å². The van der Waals surface area contributed by atoms with Crippen LogP contribution in [0.25, 0.3) is 11.3 Å². The van der Waals surface area contributed by atoms with Crippen LogP contribution in [0, 0.1) is 13.8 Å². The molecule has 0 bridgehead atoms. The Labute approximate surface area is 164 Å². The van der Waals surface area contributed by atoms with Crippen molar-refractivity contribution in [3.05, 3.63) is 41.3 Å². The van der Waals surface area contributed by atoms with Crippen molar-refractivity contribution in [1.29, 1.82) is 0 Å². The van der Waals surface area contributed by atoms with E-state index < -0.39 is 0 Å². The molecule has 0 spiro atoms. The number of carboxylic acid groups (broad SMARTS) is 1. The molecule has 2 aromatic rings. The maximum absolute atomic E-state index is 12.4. The number of H-pyrrole nitrogens is 1. The zero-order chi connectivity index (χ0) is 20.5. The molecule has 1 aromatic carbocycles. The predicted molar refractivity (Wildman–Crippen MR) is 105 cm³/mol. The fourth-order valence-corrected chi connectivity index (χ4v) is 3.21. The minimum absolute atomic E-state index is 0.0977. The second-order valence-electron chi connectivity index (χ2n) is 6.58. The van der Waals surface area contributed by atoms with Crippen LogP contribution < -0.4 is 5.32 Å². The summed E-state index contributed by atoms with van der Waals surface area (Å²) >= 11 is 0. The quantitative estimate of drug-likeness (QED) is 0.520. The van der Waals surface area contributed by atoms with Gasteiger partial charge in [0.25, 0.3) is 12.4 Å². The standard InChI is InChI=1S/C19H24N4O2.CH2O2/c1-13-18(22-14(2)21-13)15-6-3-7-16(12-15)19(25)20-9-5-11-23-10-4-8-17(23)24;2-1-3/h3,6-7,12H,4-5,8-11H2,1-2H3,(H,20,25)(H,21,22);1H,(H,2,3). The van der Waals surface area contributed by atoms with Crippen LogP contribution >= 0.6 is 0 Å². The summed E-state index contributed by atoms with van der Waals surface area (Å²) in [7, 11) is 0. The van der Waals surface area contributed by atoms with E-state index in [-0.39, 0.29) is 18.3 Å². The molecule has 8 nitrogen and oxygen atoms in total. The maximum atomic E-state index is 12.4. The number of imidazole rings is 1. The van der Waals surface area contributed by atoms with E-state index in [1.54, 1.807) is 6.07 Å². The molecule has 3 rings (SSSR count). The highest BCUT2D eigenvalue weighted by molar-refractivity contribution is 5.95. The van der Waals surface area contributed by atoms with Crippen molar-refractivity contribution in [2.75, 3.05) is 19.6 Å². The highest BCUT2D eigenvalue weighted by Gasteiger charge is 2.19.